The van der Waals surface area contributed by atoms with E-state index >= 15 is 0 Å². The Labute approximate surface area is 224 Å². The number of aromatic nitrogens is 2. The van der Waals surface area contributed by atoms with Crippen molar-refractivity contribution in [3.8, 4) is 22.7 Å². The molecular formula is C30H23N5O4. The van der Waals surface area contributed by atoms with Crippen molar-refractivity contribution in [1.82, 2.24) is 15.2 Å². The molecule has 0 bridgehead atoms. The average Bonchev–Trinajstić information content (AvgIpc) is 3.41. The number of para-hydroxylation sites is 1. The molecule has 0 aliphatic carbocycles. The van der Waals surface area contributed by atoms with E-state index in [0.29, 0.717) is 17.9 Å². The molecule has 0 aliphatic rings. The first-order chi connectivity index (χ1) is 19.1. The van der Waals surface area contributed by atoms with E-state index < -0.39 is 10.8 Å². The zero-order valence-corrected chi connectivity index (χ0v) is 20.7. The van der Waals surface area contributed by atoms with Crippen LogP contribution in [0.15, 0.2) is 120 Å². The molecule has 5 rings (SSSR count). The lowest BCUT2D eigenvalue weighted by molar-refractivity contribution is -0.384. The number of amides is 1. The van der Waals surface area contributed by atoms with Crippen LogP contribution < -0.4 is 10.2 Å². The number of nitrogens with one attached hydrogen (secondary N) is 1. The Bertz CT molecular complexity index is 1610. The van der Waals surface area contributed by atoms with Gasteiger partial charge in [-0.05, 0) is 48.0 Å². The second kappa shape index (κ2) is 11.7. The first-order valence-corrected chi connectivity index (χ1v) is 12.1. The van der Waals surface area contributed by atoms with Gasteiger partial charge in [0.05, 0.1) is 16.8 Å². The molecule has 0 aliphatic heterocycles. The standard InChI is InChI=1S/C30H23N5O4/c36-30(24-10-7-13-27(18-24)35(37)38)32-31-19-25-20-34(26-11-5-2-6-12-26)33-29(25)23-14-16-28(17-15-23)39-21-22-8-3-1-4-9-22/h1-20H,21H2,(H,32,36)/b31-19-. The van der Waals surface area contributed by atoms with E-state index in [0.717, 1.165) is 22.6 Å². The third-order valence-corrected chi connectivity index (χ3v) is 5.83. The van der Waals surface area contributed by atoms with Crippen molar-refractivity contribution in [3.63, 3.8) is 0 Å². The lowest BCUT2D eigenvalue weighted by Crippen LogP contribution is -2.17. The van der Waals surface area contributed by atoms with Crippen LogP contribution >= 0.6 is 0 Å². The van der Waals surface area contributed by atoms with Crippen LogP contribution in [0.1, 0.15) is 21.5 Å². The smallest absolute Gasteiger partial charge is 0.271 e. The van der Waals surface area contributed by atoms with Crippen LogP contribution in [0.2, 0.25) is 0 Å². The van der Waals surface area contributed by atoms with E-state index in [1.165, 1.54) is 30.5 Å². The molecule has 4 aromatic carbocycles. The number of nitro groups is 1. The van der Waals surface area contributed by atoms with Crippen LogP contribution in [0.4, 0.5) is 5.69 Å². The summed E-state index contributed by atoms with van der Waals surface area (Å²) in [5.41, 5.74) is 6.49. The average molecular weight is 518 g/mol. The summed E-state index contributed by atoms with van der Waals surface area (Å²) in [4.78, 5) is 23.0. The molecule has 0 saturated heterocycles. The topological polar surface area (TPSA) is 112 Å². The van der Waals surface area contributed by atoms with Crippen molar-refractivity contribution in [2.24, 2.45) is 5.10 Å². The van der Waals surface area contributed by atoms with E-state index in [9.17, 15) is 14.9 Å². The number of rotatable bonds is 9. The van der Waals surface area contributed by atoms with Gasteiger partial charge in [0, 0.05) is 35.0 Å². The fraction of sp³-hybridized carbons (Fsp3) is 0.0333. The maximum absolute atomic E-state index is 12.5. The number of benzene rings is 4. The summed E-state index contributed by atoms with van der Waals surface area (Å²) in [5, 5.41) is 19.9. The van der Waals surface area contributed by atoms with E-state index in [-0.39, 0.29) is 11.3 Å². The highest BCUT2D eigenvalue weighted by Gasteiger charge is 2.13. The number of nitrogens with zero attached hydrogens (tertiary/aromatic N) is 4. The number of carbonyl (C=O) groups excluding carboxylic acids is 1. The molecule has 0 saturated carbocycles. The lowest BCUT2D eigenvalue weighted by Gasteiger charge is -2.07. The van der Waals surface area contributed by atoms with Crippen LogP contribution in [-0.4, -0.2) is 26.8 Å². The molecule has 0 spiro atoms. The number of hydrogen-bond acceptors (Lipinski definition) is 6. The Morgan fingerprint density at radius 1 is 0.949 bits per heavy atom. The van der Waals surface area contributed by atoms with Gasteiger partial charge >= 0.3 is 0 Å². The Morgan fingerprint density at radius 3 is 2.38 bits per heavy atom. The number of nitro benzene ring substituents is 1. The molecule has 1 heterocycles. The minimum atomic E-state index is -0.563. The fourth-order valence-corrected chi connectivity index (χ4v) is 3.85. The SMILES string of the molecule is O=C(N/N=C\c1cn(-c2ccccc2)nc1-c1ccc(OCc2ccccc2)cc1)c1cccc([N+](=O)[O-])c1. The number of hydrazone groups is 1. The summed E-state index contributed by atoms with van der Waals surface area (Å²) < 4.78 is 7.64. The van der Waals surface area contributed by atoms with Crippen LogP contribution in [0.5, 0.6) is 5.75 Å². The summed E-state index contributed by atoms with van der Waals surface area (Å²) >= 11 is 0. The van der Waals surface area contributed by atoms with Gasteiger partial charge < -0.3 is 4.74 Å². The molecule has 9 heteroatoms. The van der Waals surface area contributed by atoms with Crippen LogP contribution in [-0.2, 0) is 6.61 Å². The van der Waals surface area contributed by atoms with Crippen molar-refractivity contribution in [1.29, 1.82) is 0 Å². The maximum Gasteiger partial charge on any atom is 0.271 e. The van der Waals surface area contributed by atoms with Crippen molar-refractivity contribution in [3.05, 3.63) is 142 Å². The molecule has 5 aromatic rings. The molecular weight excluding hydrogens is 494 g/mol. The minimum absolute atomic E-state index is 0.132. The first kappa shape index (κ1) is 25.1. The highest BCUT2D eigenvalue weighted by molar-refractivity contribution is 5.96. The van der Waals surface area contributed by atoms with Gasteiger partial charge in [-0.3, -0.25) is 14.9 Å². The Balaban J connectivity index is 1.37. The largest absolute Gasteiger partial charge is 0.489 e. The molecule has 0 fully saturated rings. The van der Waals surface area contributed by atoms with Crippen molar-refractivity contribution < 1.29 is 14.5 Å². The normalized spacial score (nSPS) is 10.9. The monoisotopic (exact) mass is 517 g/mol. The Morgan fingerprint density at radius 2 is 1.67 bits per heavy atom. The molecule has 1 amide bonds. The molecule has 9 nitrogen and oxygen atoms in total. The predicted molar refractivity (Wildman–Crippen MR) is 148 cm³/mol. The molecule has 0 unspecified atom stereocenters. The second-order valence-electron chi connectivity index (χ2n) is 8.52. The van der Waals surface area contributed by atoms with E-state index in [1.54, 1.807) is 4.68 Å². The third-order valence-electron chi connectivity index (χ3n) is 5.83. The van der Waals surface area contributed by atoms with Gasteiger partial charge in [0.1, 0.15) is 18.1 Å². The van der Waals surface area contributed by atoms with E-state index in [1.807, 2.05) is 91.1 Å². The lowest BCUT2D eigenvalue weighted by atomic mass is 10.1. The first-order valence-electron chi connectivity index (χ1n) is 12.1. The Hall–Kier alpha value is -5.57. The van der Waals surface area contributed by atoms with Gasteiger partial charge in [-0.25, -0.2) is 10.1 Å². The fourth-order valence-electron chi connectivity index (χ4n) is 3.85. The zero-order valence-electron chi connectivity index (χ0n) is 20.7. The molecule has 192 valence electrons. The van der Waals surface area contributed by atoms with E-state index in [2.05, 4.69) is 10.5 Å². The highest BCUT2D eigenvalue weighted by Crippen LogP contribution is 2.25. The maximum atomic E-state index is 12.5. The number of hydrogen-bond donors (Lipinski definition) is 1. The van der Waals surface area contributed by atoms with Crippen LogP contribution in [0, 0.1) is 10.1 Å². The zero-order chi connectivity index (χ0) is 27.0. The van der Waals surface area contributed by atoms with Gasteiger partial charge in [0.15, 0.2) is 0 Å². The minimum Gasteiger partial charge on any atom is -0.489 e. The van der Waals surface area contributed by atoms with Gasteiger partial charge in [-0.1, -0.05) is 54.6 Å². The molecule has 39 heavy (non-hydrogen) atoms. The quantitative estimate of drug-likeness (QED) is 0.151. The number of ether oxygens (including phenoxy) is 1. The number of non-ortho nitro benzene ring substituents is 1. The van der Waals surface area contributed by atoms with Crippen molar-refractivity contribution in [2.45, 2.75) is 6.61 Å². The summed E-state index contributed by atoms with van der Waals surface area (Å²) in [7, 11) is 0. The Kier molecular flexibility index (Phi) is 7.50. The van der Waals surface area contributed by atoms with Crippen molar-refractivity contribution >= 4 is 17.8 Å². The van der Waals surface area contributed by atoms with Gasteiger partial charge in [-0.2, -0.15) is 10.2 Å². The summed E-state index contributed by atoms with van der Waals surface area (Å²) in [6.45, 7) is 0.463. The van der Waals surface area contributed by atoms with E-state index in [4.69, 9.17) is 9.84 Å². The third kappa shape index (κ3) is 6.23. The van der Waals surface area contributed by atoms with Gasteiger partial charge in [0.2, 0.25) is 0 Å². The van der Waals surface area contributed by atoms with Crippen LogP contribution in [0.25, 0.3) is 16.9 Å². The van der Waals surface area contributed by atoms with Gasteiger partial charge in [-0.15, -0.1) is 0 Å². The number of carbonyl (C=O) groups is 1. The summed E-state index contributed by atoms with van der Waals surface area (Å²) in [6, 6.07) is 32.6. The summed E-state index contributed by atoms with van der Waals surface area (Å²) in [6.07, 6.45) is 3.31. The van der Waals surface area contributed by atoms with Gasteiger partial charge in [0.25, 0.3) is 11.6 Å². The molecule has 1 N–H and O–H groups in total. The molecule has 0 radical (unpaired) electrons. The molecule has 0 atom stereocenters. The van der Waals surface area contributed by atoms with Crippen molar-refractivity contribution in [2.75, 3.05) is 0 Å². The predicted octanol–water partition coefficient (Wildman–Crippen LogP) is 5.79. The summed E-state index contributed by atoms with van der Waals surface area (Å²) in [5.74, 6) is 0.163. The second-order valence-corrected chi connectivity index (χ2v) is 8.52. The van der Waals surface area contributed by atoms with Crippen LogP contribution in [0.3, 0.4) is 0 Å². The highest BCUT2D eigenvalue weighted by atomic mass is 16.6. The molecule has 1 aromatic heterocycles.